The van der Waals surface area contributed by atoms with E-state index >= 15 is 0 Å². The van der Waals surface area contributed by atoms with E-state index in [1.54, 1.807) is 12.0 Å². The average Bonchev–Trinajstić information content (AvgIpc) is 3.42. The number of allylic oxidation sites excluding steroid dienone is 2. The number of nitrogens with zero attached hydrogens (tertiary/aromatic N) is 1. The molecular weight excluding hydrogens is 444 g/mol. The highest BCUT2D eigenvalue weighted by Crippen LogP contribution is 2.53. The van der Waals surface area contributed by atoms with Gasteiger partial charge >= 0.3 is 0 Å². The zero-order valence-electron chi connectivity index (χ0n) is 20.6. The van der Waals surface area contributed by atoms with E-state index in [1.807, 2.05) is 37.4 Å². The number of rotatable bonds is 5. The van der Waals surface area contributed by atoms with Crippen molar-refractivity contribution in [2.24, 2.45) is 5.92 Å². The number of nitrogens with one attached hydrogen (secondary N) is 1. The Bertz CT molecular complexity index is 1460. The van der Waals surface area contributed by atoms with Crippen LogP contribution in [0.5, 0.6) is 5.75 Å². The number of ether oxygens (including phenoxy) is 1. The first-order valence-electron chi connectivity index (χ1n) is 12.6. The van der Waals surface area contributed by atoms with Gasteiger partial charge in [-0.25, -0.2) is 0 Å². The molecule has 1 N–H and O–H groups in total. The van der Waals surface area contributed by atoms with E-state index in [0.717, 1.165) is 23.4 Å². The van der Waals surface area contributed by atoms with Gasteiger partial charge in [0, 0.05) is 25.1 Å². The Morgan fingerprint density at radius 1 is 0.972 bits per heavy atom. The van der Waals surface area contributed by atoms with Crippen LogP contribution in [0.4, 0.5) is 5.69 Å². The summed E-state index contributed by atoms with van der Waals surface area (Å²) in [5, 5.41) is 6.23. The monoisotopic (exact) mass is 474 g/mol. The van der Waals surface area contributed by atoms with Crippen molar-refractivity contribution in [3.63, 3.8) is 0 Å². The van der Waals surface area contributed by atoms with Gasteiger partial charge in [0.25, 0.3) is 5.91 Å². The molecule has 4 nitrogen and oxygen atoms in total. The van der Waals surface area contributed by atoms with E-state index in [2.05, 4.69) is 72.1 Å². The van der Waals surface area contributed by atoms with E-state index in [9.17, 15) is 4.79 Å². The molecule has 0 saturated carbocycles. The van der Waals surface area contributed by atoms with Crippen molar-refractivity contribution in [3.8, 4) is 5.75 Å². The highest BCUT2D eigenvalue weighted by atomic mass is 16.5. The maximum absolute atomic E-state index is 13.7. The van der Waals surface area contributed by atoms with Crippen LogP contribution in [0.3, 0.4) is 0 Å². The quantitative estimate of drug-likeness (QED) is 0.318. The van der Waals surface area contributed by atoms with E-state index < -0.39 is 0 Å². The number of anilines is 1. The fourth-order valence-corrected chi connectivity index (χ4v) is 5.99. The molecule has 36 heavy (non-hydrogen) atoms. The molecule has 1 aliphatic heterocycles. The Morgan fingerprint density at radius 2 is 1.78 bits per heavy atom. The molecule has 1 heterocycles. The smallest absolute Gasteiger partial charge is 0.256 e. The number of carbonyl (C=O) groups is 1. The van der Waals surface area contributed by atoms with Crippen LogP contribution in [0.25, 0.3) is 10.8 Å². The van der Waals surface area contributed by atoms with Crippen molar-refractivity contribution in [2.75, 3.05) is 19.5 Å². The Hall–Kier alpha value is -4.05. The molecule has 180 valence electrons. The number of fused-ring (bicyclic) bond motifs is 4. The third kappa shape index (κ3) is 3.74. The molecule has 0 fully saturated rings. The summed E-state index contributed by atoms with van der Waals surface area (Å²) < 4.78 is 5.89. The number of amides is 1. The predicted molar refractivity (Wildman–Crippen MR) is 146 cm³/mol. The summed E-state index contributed by atoms with van der Waals surface area (Å²) in [5.41, 5.74) is 5.13. The molecule has 6 rings (SSSR count). The molecule has 0 bridgehead atoms. The summed E-state index contributed by atoms with van der Waals surface area (Å²) in [6, 6.07) is 28.9. The van der Waals surface area contributed by atoms with Gasteiger partial charge in [0.15, 0.2) is 0 Å². The summed E-state index contributed by atoms with van der Waals surface area (Å²) in [7, 11) is 3.61. The fourth-order valence-electron chi connectivity index (χ4n) is 5.99. The number of methoxy groups -OCH3 is 1. The van der Waals surface area contributed by atoms with Crippen LogP contribution < -0.4 is 10.1 Å². The summed E-state index contributed by atoms with van der Waals surface area (Å²) in [4.78, 5) is 15.5. The maximum Gasteiger partial charge on any atom is 0.256 e. The van der Waals surface area contributed by atoms with Crippen LogP contribution in [0.2, 0.25) is 0 Å². The second-order valence-corrected chi connectivity index (χ2v) is 9.79. The lowest BCUT2D eigenvalue weighted by molar-refractivity contribution is 0.0785. The molecule has 3 atom stereocenters. The van der Waals surface area contributed by atoms with E-state index in [0.29, 0.717) is 18.0 Å². The van der Waals surface area contributed by atoms with E-state index in [-0.39, 0.29) is 17.9 Å². The summed E-state index contributed by atoms with van der Waals surface area (Å²) in [6.45, 7) is 0.565. The molecule has 4 heteroatoms. The summed E-state index contributed by atoms with van der Waals surface area (Å²) in [6.07, 6.45) is 5.59. The zero-order valence-corrected chi connectivity index (χ0v) is 20.6. The van der Waals surface area contributed by atoms with Crippen LogP contribution in [0, 0.1) is 5.92 Å². The third-order valence-electron chi connectivity index (χ3n) is 7.70. The van der Waals surface area contributed by atoms with Gasteiger partial charge in [-0.3, -0.25) is 4.79 Å². The first-order valence-corrected chi connectivity index (χ1v) is 12.6. The lowest BCUT2D eigenvalue weighted by Crippen LogP contribution is -2.33. The first-order chi connectivity index (χ1) is 17.7. The molecule has 0 saturated heterocycles. The molecule has 0 aromatic heterocycles. The molecule has 1 amide bonds. The van der Waals surface area contributed by atoms with Crippen molar-refractivity contribution in [2.45, 2.75) is 24.9 Å². The van der Waals surface area contributed by atoms with Gasteiger partial charge in [-0.15, -0.1) is 0 Å². The van der Waals surface area contributed by atoms with E-state index in [1.165, 1.54) is 21.9 Å². The van der Waals surface area contributed by atoms with Gasteiger partial charge in [-0.1, -0.05) is 84.9 Å². The normalized spacial score (nSPS) is 19.9. The Kier molecular flexibility index (Phi) is 5.73. The van der Waals surface area contributed by atoms with Gasteiger partial charge < -0.3 is 15.0 Å². The predicted octanol–water partition coefficient (Wildman–Crippen LogP) is 6.95. The molecule has 0 radical (unpaired) electrons. The van der Waals surface area contributed by atoms with Crippen molar-refractivity contribution in [1.29, 1.82) is 0 Å². The topological polar surface area (TPSA) is 41.6 Å². The molecule has 4 aromatic rings. The Morgan fingerprint density at radius 3 is 2.61 bits per heavy atom. The summed E-state index contributed by atoms with van der Waals surface area (Å²) >= 11 is 0. The molecule has 4 aromatic carbocycles. The molecular formula is C32H30N2O2. The number of carbonyl (C=O) groups excluding carboxylic acids is 1. The number of para-hydroxylation sites is 1. The lowest BCUT2D eigenvalue weighted by atomic mass is 9.75. The largest absolute Gasteiger partial charge is 0.496 e. The number of hydrogen-bond acceptors (Lipinski definition) is 3. The zero-order chi connectivity index (χ0) is 24.6. The molecule has 1 aliphatic carbocycles. The standard InChI is InChI=1S/C32H30N2O2/c1-34(20-21-10-4-3-5-11-21)32(35)27-17-9-15-25-24-14-8-16-26(24)31(33-30(25)27)29-23-13-7-6-12-22(23)18-19-28(29)36-2/h3-15,17-19,24,26,31,33H,16,20H2,1-2H3. The Labute approximate surface area is 212 Å². The van der Waals surface area contributed by atoms with Crippen molar-refractivity contribution in [3.05, 3.63) is 119 Å². The van der Waals surface area contributed by atoms with Gasteiger partial charge in [0.1, 0.15) is 5.75 Å². The van der Waals surface area contributed by atoms with Crippen molar-refractivity contribution < 1.29 is 9.53 Å². The highest BCUT2D eigenvalue weighted by molar-refractivity contribution is 6.01. The highest BCUT2D eigenvalue weighted by Gasteiger charge is 2.41. The van der Waals surface area contributed by atoms with Crippen LogP contribution >= 0.6 is 0 Å². The lowest BCUT2D eigenvalue weighted by Gasteiger charge is -2.39. The van der Waals surface area contributed by atoms with Crippen molar-refractivity contribution >= 4 is 22.4 Å². The minimum Gasteiger partial charge on any atom is -0.496 e. The first kappa shape index (κ1) is 22.4. The third-order valence-corrected chi connectivity index (χ3v) is 7.70. The van der Waals surface area contributed by atoms with Crippen LogP contribution in [-0.4, -0.2) is 25.0 Å². The van der Waals surface area contributed by atoms with Gasteiger partial charge in [-0.2, -0.15) is 0 Å². The van der Waals surface area contributed by atoms with E-state index in [4.69, 9.17) is 4.74 Å². The Balaban J connectivity index is 1.44. The fraction of sp³-hybridized carbons (Fsp3) is 0.219. The minimum atomic E-state index is 0.0203. The van der Waals surface area contributed by atoms with Crippen molar-refractivity contribution in [1.82, 2.24) is 4.90 Å². The number of benzene rings is 4. The second-order valence-electron chi connectivity index (χ2n) is 9.79. The second kappa shape index (κ2) is 9.19. The molecule has 2 aliphatic rings. The van der Waals surface area contributed by atoms with Gasteiger partial charge in [-0.05, 0) is 46.4 Å². The van der Waals surface area contributed by atoms with Crippen LogP contribution in [0.1, 0.15) is 45.4 Å². The average molecular weight is 475 g/mol. The minimum absolute atomic E-state index is 0.0203. The van der Waals surface area contributed by atoms with Crippen LogP contribution in [-0.2, 0) is 6.54 Å². The van der Waals surface area contributed by atoms with Crippen LogP contribution in [0.15, 0.2) is 97.1 Å². The van der Waals surface area contributed by atoms with Gasteiger partial charge in [0.05, 0.1) is 24.4 Å². The maximum atomic E-state index is 13.7. The summed E-state index contributed by atoms with van der Waals surface area (Å²) in [5.74, 6) is 1.50. The number of hydrogen-bond donors (Lipinski definition) is 1. The molecule has 0 spiro atoms. The SMILES string of the molecule is COc1ccc2ccccc2c1C1Nc2c(C(=O)N(C)Cc3ccccc3)cccc2C2C=CCC21. The molecule has 3 unspecified atom stereocenters. The van der Waals surface area contributed by atoms with Gasteiger partial charge in [0.2, 0.25) is 0 Å².